The maximum Gasteiger partial charge on any atom is 0.250 e. The van der Waals surface area contributed by atoms with Crippen molar-refractivity contribution in [3.63, 3.8) is 0 Å². The molecule has 0 bridgehead atoms. The molecular formula is C8H12N2O2. The van der Waals surface area contributed by atoms with E-state index in [0.29, 0.717) is 18.3 Å². The van der Waals surface area contributed by atoms with Crippen molar-refractivity contribution >= 4 is 6.08 Å². The lowest BCUT2D eigenvalue weighted by Gasteiger charge is -2.04. The van der Waals surface area contributed by atoms with Gasteiger partial charge in [0.2, 0.25) is 11.7 Å². The maximum atomic E-state index is 5.27. The molecule has 4 nitrogen and oxygen atoms in total. The van der Waals surface area contributed by atoms with Gasteiger partial charge in [-0.05, 0) is 19.9 Å². The van der Waals surface area contributed by atoms with Gasteiger partial charge < -0.3 is 9.26 Å². The van der Waals surface area contributed by atoms with E-state index in [1.54, 1.807) is 0 Å². The largest absolute Gasteiger partial charge is 0.371 e. The fourth-order valence-corrected chi connectivity index (χ4v) is 0.820. The Morgan fingerprint density at radius 1 is 1.75 bits per heavy atom. The molecule has 1 rings (SSSR count). The molecule has 0 radical (unpaired) electrons. The van der Waals surface area contributed by atoms with Gasteiger partial charge in [0, 0.05) is 6.61 Å². The summed E-state index contributed by atoms with van der Waals surface area (Å²) in [7, 11) is 0. The van der Waals surface area contributed by atoms with Gasteiger partial charge in [-0.25, -0.2) is 0 Å². The third-order valence-electron chi connectivity index (χ3n) is 1.41. The lowest BCUT2D eigenvalue weighted by Crippen LogP contribution is -2.01. The highest BCUT2D eigenvalue weighted by atomic mass is 16.5. The van der Waals surface area contributed by atoms with E-state index in [1.807, 2.05) is 13.8 Å². The molecule has 0 aliphatic carbocycles. The Balaban J connectivity index is 2.67. The van der Waals surface area contributed by atoms with Gasteiger partial charge in [0.05, 0.1) is 0 Å². The smallest absolute Gasteiger partial charge is 0.250 e. The molecule has 0 aliphatic rings. The second kappa shape index (κ2) is 4.01. The van der Waals surface area contributed by atoms with E-state index in [2.05, 4.69) is 16.7 Å². The van der Waals surface area contributed by atoms with E-state index < -0.39 is 0 Å². The highest BCUT2D eigenvalue weighted by Gasteiger charge is 2.11. The molecule has 0 aliphatic heterocycles. The summed E-state index contributed by atoms with van der Waals surface area (Å²) >= 11 is 0. The van der Waals surface area contributed by atoms with Crippen LogP contribution in [-0.4, -0.2) is 16.7 Å². The minimum atomic E-state index is -0.118. The van der Waals surface area contributed by atoms with Crippen LogP contribution in [-0.2, 0) is 4.74 Å². The Morgan fingerprint density at radius 3 is 3.00 bits per heavy atom. The molecule has 66 valence electrons. The second-order valence-corrected chi connectivity index (χ2v) is 2.29. The lowest BCUT2D eigenvalue weighted by molar-refractivity contribution is 0.0683. The lowest BCUT2D eigenvalue weighted by atomic mass is 10.4. The van der Waals surface area contributed by atoms with E-state index in [-0.39, 0.29) is 6.10 Å². The molecule has 0 fully saturated rings. The monoisotopic (exact) mass is 168 g/mol. The molecule has 1 unspecified atom stereocenters. The predicted octanol–water partition coefficient (Wildman–Crippen LogP) is 1.81. The Bertz CT molecular complexity index is 257. The van der Waals surface area contributed by atoms with Crippen LogP contribution in [0.2, 0.25) is 0 Å². The molecule has 0 aromatic carbocycles. The van der Waals surface area contributed by atoms with Crippen LogP contribution in [0, 0.1) is 0 Å². The van der Waals surface area contributed by atoms with Crippen LogP contribution in [0.4, 0.5) is 0 Å². The van der Waals surface area contributed by atoms with E-state index in [9.17, 15) is 0 Å². The highest BCUT2D eigenvalue weighted by molar-refractivity contribution is 5.32. The van der Waals surface area contributed by atoms with Gasteiger partial charge in [0.1, 0.15) is 6.10 Å². The Kier molecular flexibility index (Phi) is 2.99. The molecular weight excluding hydrogens is 156 g/mol. The normalized spacial score (nSPS) is 12.8. The van der Waals surface area contributed by atoms with Gasteiger partial charge in [-0.3, -0.25) is 0 Å². The fourth-order valence-electron chi connectivity index (χ4n) is 0.820. The second-order valence-electron chi connectivity index (χ2n) is 2.29. The zero-order valence-electron chi connectivity index (χ0n) is 7.28. The third kappa shape index (κ3) is 1.92. The molecule has 0 amide bonds. The summed E-state index contributed by atoms with van der Waals surface area (Å²) in [6, 6.07) is 0. The summed E-state index contributed by atoms with van der Waals surface area (Å²) in [5, 5.41) is 3.72. The molecule has 1 aromatic rings. The van der Waals surface area contributed by atoms with Gasteiger partial charge >= 0.3 is 0 Å². The first kappa shape index (κ1) is 8.93. The van der Waals surface area contributed by atoms with Crippen LogP contribution in [0.25, 0.3) is 6.08 Å². The number of rotatable bonds is 4. The quantitative estimate of drug-likeness (QED) is 0.687. The van der Waals surface area contributed by atoms with Gasteiger partial charge in [0.15, 0.2) is 0 Å². The molecule has 0 N–H and O–H groups in total. The minimum absolute atomic E-state index is 0.118. The van der Waals surface area contributed by atoms with Gasteiger partial charge in [0.25, 0.3) is 0 Å². The highest BCUT2D eigenvalue weighted by Crippen LogP contribution is 2.12. The summed E-state index contributed by atoms with van der Waals surface area (Å²) in [6.07, 6.45) is 1.39. The van der Waals surface area contributed by atoms with Crippen molar-refractivity contribution in [1.29, 1.82) is 0 Å². The third-order valence-corrected chi connectivity index (χ3v) is 1.41. The molecule has 0 saturated heterocycles. The van der Waals surface area contributed by atoms with Crippen LogP contribution in [0.5, 0.6) is 0 Å². The van der Waals surface area contributed by atoms with Gasteiger partial charge in [-0.15, -0.1) is 0 Å². The maximum absolute atomic E-state index is 5.27. The van der Waals surface area contributed by atoms with Crippen molar-refractivity contribution in [1.82, 2.24) is 10.1 Å². The van der Waals surface area contributed by atoms with Crippen molar-refractivity contribution in [2.75, 3.05) is 6.61 Å². The molecule has 0 saturated carbocycles. The van der Waals surface area contributed by atoms with Crippen molar-refractivity contribution in [3.8, 4) is 0 Å². The molecule has 12 heavy (non-hydrogen) atoms. The topological polar surface area (TPSA) is 48.2 Å². The van der Waals surface area contributed by atoms with Crippen molar-refractivity contribution in [2.45, 2.75) is 20.0 Å². The first-order chi connectivity index (χ1) is 5.77. The zero-order chi connectivity index (χ0) is 8.97. The van der Waals surface area contributed by atoms with E-state index in [1.165, 1.54) is 6.08 Å². The number of aromatic nitrogens is 2. The van der Waals surface area contributed by atoms with Crippen molar-refractivity contribution in [2.24, 2.45) is 0 Å². The van der Waals surface area contributed by atoms with Crippen molar-refractivity contribution < 1.29 is 9.26 Å². The fraction of sp³-hybridized carbons (Fsp3) is 0.500. The summed E-state index contributed by atoms with van der Waals surface area (Å²) in [4.78, 5) is 4.03. The van der Waals surface area contributed by atoms with E-state index in [0.717, 1.165) is 0 Å². The number of hydrogen-bond acceptors (Lipinski definition) is 4. The van der Waals surface area contributed by atoms with Crippen LogP contribution in [0.15, 0.2) is 11.1 Å². The van der Waals surface area contributed by atoms with Crippen LogP contribution in [0.3, 0.4) is 0 Å². The number of ether oxygens (including phenoxy) is 1. The number of hydrogen-bond donors (Lipinski definition) is 0. The van der Waals surface area contributed by atoms with Crippen LogP contribution < -0.4 is 0 Å². The first-order valence-corrected chi connectivity index (χ1v) is 3.85. The van der Waals surface area contributed by atoms with E-state index >= 15 is 0 Å². The van der Waals surface area contributed by atoms with Crippen molar-refractivity contribution in [3.05, 3.63) is 18.3 Å². The van der Waals surface area contributed by atoms with Gasteiger partial charge in [-0.1, -0.05) is 11.7 Å². The van der Waals surface area contributed by atoms with Crippen LogP contribution >= 0.6 is 0 Å². The zero-order valence-corrected chi connectivity index (χ0v) is 7.28. The molecule has 1 heterocycles. The first-order valence-electron chi connectivity index (χ1n) is 3.85. The molecule has 1 atom stereocenters. The summed E-state index contributed by atoms with van der Waals surface area (Å²) in [5.41, 5.74) is 0. The Morgan fingerprint density at radius 2 is 2.50 bits per heavy atom. The molecule has 1 aromatic heterocycles. The minimum Gasteiger partial charge on any atom is -0.371 e. The standard InChI is InChI=1S/C8H12N2O2/c1-4-7-9-8(10-12-7)6(3)11-5-2/h4,6H,1,5H2,2-3H3. The van der Waals surface area contributed by atoms with Gasteiger partial charge in [-0.2, -0.15) is 4.98 Å². The summed E-state index contributed by atoms with van der Waals surface area (Å²) < 4.78 is 10.1. The SMILES string of the molecule is C=Cc1nc(C(C)OCC)no1. The summed E-state index contributed by atoms with van der Waals surface area (Å²) in [6.45, 7) is 7.95. The van der Waals surface area contributed by atoms with Crippen LogP contribution in [0.1, 0.15) is 31.7 Å². The average molecular weight is 168 g/mol. The molecule has 4 heteroatoms. The Labute approximate surface area is 71.2 Å². The average Bonchev–Trinajstić information content (AvgIpc) is 2.52. The number of nitrogens with zero attached hydrogens (tertiary/aromatic N) is 2. The molecule has 0 spiro atoms. The summed E-state index contributed by atoms with van der Waals surface area (Å²) in [5.74, 6) is 0.989. The predicted molar refractivity (Wildman–Crippen MR) is 44.4 cm³/mol. The Hall–Kier alpha value is -1.16. The van der Waals surface area contributed by atoms with E-state index in [4.69, 9.17) is 9.26 Å².